The van der Waals surface area contributed by atoms with E-state index in [0.717, 1.165) is 44.0 Å². The minimum Gasteiger partial charge on any atom is -0.481 e. The number of likely N-dealkylation sites (tertiary alicyclic amines) is 1. The molecule has 2 fully saturated rings. The van der Waals surface area contributed by atoms with E-state index in [-0.39, 0.29) is 40.4 Å². The Bertz CT molecular complexity index is 1380. The Kier molecular flexibility index (Phi) is 6.16. The lowest BCUT2D eigenvalue weighted by Crippen LogP contribution is -2.51. The minimum absolute atomic E-state index is 0.0854. The van der Waals surface area contributed by atoms with Crippen molar-refractivity contribution in [2.45, 2.75) is 57.4 Å². The Morgan fingerprint density at radius 2 is 2.08 bits per heavy atom. The predicted molar refractivity (Wildman–Crippen MR) is 136 cm³/mol. The Morgan fingerprint density at radius 1 is 1.24 bits per heavy atom. The number of amides is 2. The lowest BCUT2D eigenvalue weighted by atomic mass is 9.85. The minimum atomic E-state index is -0.535. The molecule has 200 valence electrons. The van der Waals surface area contributed by atoms with Crippen LogP contribution in [0.5, 0.6) is 5.88 Å². The van der Waals surface area contributed by atoms with Crippen molar-refractivity contribution in [3.63, 3.8) is 0 Å². The summed E-state index contributed by atoms with van der Waals surface area (Å²) in [4.78, 5) is 32.3. The van der Waals surface area contributed by atoms with E-state index in [2.05, 4.69) is 30.7 Å². The molecule has 3 N–H and O–H groups in total. The molecule has 1 saturated carbocycles. The number of carbonyl (C=O) groups is 2. The van der Waals surface area contributed by atoms with Crippen LogP contribution in [0.3, 0.4) is 0 Å². The third kappa shape index (κ3) is 4.43. The fraction of sp³-hybridized carbons (Fsp3) is 0.519. The van der Waals surface area contributed by atoms with Crippen molar-refractivity contribution in [3.05, 3.63) is 46.8 Å². The average molecular weight is 522 g/mol. The number of fused-ring (bicyclic) bond motifs is 1. The number of aromatic nitrogens is 5. The standard InChI is InChI=1S/C27H32FN7O3/c1-15-18-9-16(3-4-21(18)32-31-15)13-30-25(36)17-5-8-35(27(12-17)6-7-27)26(37)23-11-22(33-34-23)19-10-24(38-2)29-14-20(19)28/h10-11,14,16-17H,3-9,12-13H2,1-2H3,(H,30,36)(H,31,32)(H,33,34). The van der Waals surface area contributed by atoms with Crippen LogP contribution in [0, 0.1) is 24.6 Å². The molecule has 1 spiro atoms. The second-order valence-electron chi connectivity index (χ2n) is 10.9. The van der Waals surface area contributed by atoms with Crippen molar-refractivity contribution in [1.82, 2.24) is 35.6 Å². The number of carbonyl (C=O) groups excluding carboxylic acids is 2. The topological polar surface area (TPSA) is 129 Å². The molecule has 1 aliphatic heterocycles. The number of methoxy groups -OCH3 is 1. The van der Waals surface area contributed by atoms with Gasteiger partial charge in [0.05, 0.1) is 24.7 Å². The number of rotatable bonds is 6. The number of H-pyrrole nitrogens is 2. The second kappa shape index (κ2) is 9.52. The molecular formula is C27H32FN7O3. The summed E-state index contributed by atoms with van der Waals surface area (Å²) in [5, 5.41) is 17.6. The first kappa shape index (κ1) is 24.6. The first-order valence-electron chi connectivity index (χ1n) is 13.2. The summed E-state index contributed by atoms with van der Waals surface area (Å²) in [5.41, 5.74) is 4.13. The number of nitrogens with one attached hydrogen (secondary N) is 3. The maximum Gasteiger partial charge on any atom is 0.274 e. The van der Waals surface area contributed by atoms with Crippen LogP contribution in [0.25, 0.3) is 11.3 Å². The molecule has 10 nitrogen and oxygen atoms in total. The molecule has 2 amide bonds. The van der Waals surface area contributed by atoms with Crippen molar-refractivity contribution in [2.24, 2.45) is 11.8 Å². The maximum absolute atomic E-state index is 14.4. The van der Waals surface area contributed by atoms with Gasteiger partial charge < -0.3 is 15.0 Å². The number of hydrogen-bond donors (Lipinski definition) is 3. The van der Waals surface area contributed by atoms with Gasteiger partial charge in [0.2, 0.25) is 11.8 Å². The molecule has 3 aromatic heterocycles. The van der Waals surface area contributed by atoms with Crippen LogP contribution in [0.15, 0.2) is 18.3 Å². The summed E-state index contributed by atoms with van der Waals surface area (Å²) < 4.78 is 19.4. The van der Waals surface area contributed by atoms with Crippen molar-refractivity contribution in [2.75, 3.05) is 20.2 Å². The van der Waals surface area contributed by atoms with Crippen LogP contribution in [0.4, 0.5) is 4.39 Å². The van der Waals surface area contributed by atoms with Gasteiger partial charge in [0.25, 0.3) is 5.91 Å². The smallest absolute Gasteiger partial charge is 0.274 e. The van der Waals surface area contributed by atoms with Gasteiger partial charge in [-0.25, -0.2) is 9.37 Å². The summed E-state index contributed by atoms with van der Waals surface area (Å²) in [6, 6.07) is 3.03. The summed E-state index contributed by atoms with van der Waals surface area (Å²) in [6.45, 7) is 3.19. The van der Waals surface area contributed by atoms with Gasteiger partial charge in [-0.3, -0.25) is 19.8 Å². The van der Waals surface area contributed by atoms with Gasteiger partial charge in [-0.15, -0.1) is 0 Å². The number of nitrogens with zero attached hydrogens (tertiary/aromatic N) is 4. The van der Waals surface area contributed by atoms with Gasteiger partial charge in [-0.1, -0.05) is 0 Å². The Hall–Kier alpha value is -3.76. The van der Waals surface area contributed by atoms with Crippen LogP contribution in [-0.4, -0.2) is 67.8 Å². The molecule has 38 heavy (non-hydrogen) atoms. The molecule has 11 heteroatoms. The Labute approximate surface area is 219 Å². The van der Waals surface area contributed by atoms with Crippen LogP contribution in [0.2, 0.25) is 0 Å². The summed E-state index contributed by atoms with van der Waals surface area (Å²) in [7, 11) is 1.46. The van der Waals surface area contributed by atoms with Crippen LogP contribution < -0.4 is 10.1 Å². The fourth-order valence-corrected chi connectivity index (χ4v) is 6.08. The van der Waals surface area contributed by atoms with Gasteiger partial charge in [-0.05, 0) is 69.4 Å². The highest BCUT2D eigenvalue weighted by Crippen LogP contribution is 2.50. The molecule has 3 aromatic rings. The van der Waals surface area contributed by atoms with Crippen LogP contribution in [-0.2, 0) is 17.6 Å². The van der Waals surface area contributed by atoms with Gasteiger partial charge in [-0.2, -0.15) is 10.2 Å². The number of ether oxygens (including phenoxy) is 1. The van der Waals surface area contributed by atoms with E-state index >= 15 is 0 Å². The Balaban J connectivity index is 1.07. The molecule has 4 heterocycles. The monoisotopic (exact) mass is 521 g/mol. The zero-order chi connectivity index (χ0) is 26.4. The van der Waals surface area contributed by atoms with Gasteiger partial charge in [0.1, 0.15) is 0 Å². The zero-order valence-corrected chi connectivity index (χ0v) is 21.6. The molecule has 2 atom stereocenters. The Morgan fingerprint density at radius 3 is 2.87 bits per heavy atom. The molecule has 2 aliphatic carbocycles. The average Bonchev–Trinajstić information content (AvgIpc) is 3.34. The fourth-order valence-electron chi connectivity index (χ4n) is 6.08. The first-order valence-corrected chi connectivity index (χ1v) is 13.2. The van der Waals surface area contributed by atoms with Gasteiger partial charge in [0, 0.05) is 41.9 Å². The largest absolute Gasteiger partial charge is 0.481 e. The lowest BCUT2D eigenvalue weighted by molar-refractivity contribution is -0.127. The maximum atomic E-state index is 14.4. The zero-order valence-electron chi connectivity index (χ0n) is 21.6. The van der Waals surface area contributed by atoms with Gasteiger partial charge >= 0.3 is 0 Å². The van der Waals surface area contributed by atoms with Crippen LogP contribution in [0.1, 0.15) is 59.5 Å². The highest BCUT2D eigenvalue weighted by atomic mass is 19.1. The third-order valence-corrected chi connectivity index (χ3v) is 8.49. The molecule has 0 bridgehead atoms. The van der Waals surface area contributed by atoms with E-state index in [1.807, 2.05) is 11.8 Å². The molecular weight excluding hydrogens is 489 g/mol. The van der Waals surface area contributed by atoms with E-state index in [0.29, 0.717) is 37.5 Å². The summed E-state index contributed by atoms with van der Waals surface area (Å²) in [5.74, 6) is -0.0672. The van der Waals surface area contributed by atoms with E-state index in [9.17, 15) is 14.0 Å². The molecule has 0 radical (unpaired) electrons. The molecule has 3 aliphatic rings. The SMILES string of the molecule is COc1cc(-c2cc(C(=O)N3CCC(C(=O)NCC4CCc5[nH]nc(C)c5C4)CC34CC4)n[nH]2)c(F)cn1. The number of hydrogen-bond acceptors (Lipinski definition) is 6. The van der Waals surface area contributed by atoms with Crippen molar-refractivity contribution in [1.29, 1.82) is 0 Å². The molecule has 2 unspecified atom stereocenters. The van der Waals surface area contributed by atoms with Crippen molar-refractivity contribution >= 4 is 11.8 Å². The predicted octanol–water partition coefficient (Wildman–Crippen LogP) is 2.96. The number of pyridine rings is 1. The van der Waals surface area contributed by atoms with Crippen molar-refractivity contribution in [3.8, 4) is 17.1 Å². The van der Waals surface area contributed by atoms with Crippen LogP contribution >= 0.6 is 0 Å². The van der Waals surface area contributed by atoms with E-state index in [1.54, 1.807) is 6.07 Å². The number of halogens is 1. The number of piperidine rings is 1. The summed E-state index contributed by atoms with van der Waals surface area (Å²) in [6.07, 6.45) is 7.05. The number of aromatic amines is 2. The molecule has 1 saturated heterocycles. The van der Waals surface area contributed by atoms with Gasteiger partial charge in [0.15, 0.2) is 11.5 Å². The van der Waals surface area contributed by atoms with E-state index < -0.39 is 5.82 Å². The quantitative estimate of drug-likeness (QED) is 0.458. The van der Waals surface area contributed by atoms with E-state index in [1.165, 1.54) is 24.4 Å². The number of aryl methyl sites for hydroxylation is 2. The normalized spacial score (nSPS) is 21.7. The third-order valence-electron chi connectivity index (χ3n) is 8.49. The first-order chi connectivity index (χ1) is 18.4. The summed E-state index contributed by atoms with van der Waals surface area (Å²) >= 11 is 0. The highest BCUT2D eigenvalue weighted by Gasteiger charge is 2.54. The molecule has 6 rings (SSSR count). The van der Waals surface area contributed by atoms with E-state index in [4.69, 9.17) is 4.74 Å². The van der Waals surface area contributed by atoms with Crippen molar-refractivity contribution < 1.29 is 18.7 Å². The lowest BCUT2D eigenvalue weighted by Gasteiger charge is -2.39. The second-order valence-corrected chi connectivity index (χ2v) is 10.9. The molecule has 0 aromatic carbocycles. The highest BCUT2D eigenvalue weighted by molar-refractivity contribution is 5.94.